The van der Waals surface area contributed by atoms with Crippen LogP contribution in [0.3, 0.4) is 0 Å². The summed E-state index contributed by atoms with van der Waals surface area (Å²) in [5.74, 6) is -1.93. The molecular formula is C26H24Cl2N4O7S. The minimum Gasteiger partial charge on any atom is -0.463 e. The second-order valence-electron chi connectivity index (χ2n) is 8.66. The molecule has 0 bridgehead atoms. The fourth-order valence-corrected chi connectivity index (χ4v) is 5.29. The number of carbonyl (C=O) groups is 3. The molecule has 2 unspecified atom stereocenters. The van der Waals surface area contributed by atoms with Gasteiger partial charge in [-0.05, 0) is 36.8 Å². The number of hydrogen-bond acceptors (Lipinski definition) is 11. The van der Waals surface area contributed by atoms with E-state index >= 15 is 0 Å². The highest BCUT2D eigenvalue weighted by Gasteiger charge is 2.44. The second-order valence-corrected chi connectivity index (χ2v) is 10.6. The highest BCUT2D eigenvalue weighted by Crippen LogP contribution is 2.41. The number of halogens is 2. The van der Waals surface area contributed by atoms with Gasteiger partial charge in [-0.1, -0.05) is 40.2 Å². The van der Waals surface area contributed by atoms with Gasteiger partial charge >= 0.3 is 17.9 Å². The number of carbonyl (C=O) groups excluding carboxylic acids is 3. The van der Waals surface area contributed by atoms with Crippen LogP contribution in [-0.2, 0) is 33.3 Å². The third-order valence-corrected chi connectivity index (χ3v) is 7.25. The standard InChI is InChI=1S/C26H24Cl2N4O7S/c1-13-7-17(10-29-9-13)21-11-32(31-30-21)23-24(37-15(3)34)22(12-36-14(2)33)39-26(25(23)38-16(4)35)40-18-5-6-19(27)20(28)8-18/h5-11,22,25-26H,12H2,1-4H3/t22?,25?,26-/m1/s1. The maximum absolute atomic E-state index is 12.3. The van der Waals surface area contributed by atoms with Crippen molar-refractivity contribution >= 4 is 58.6 Å². The van der Waals surface area contributed by atoms with E-state index in [0.29, 0.717) is 26.2 Å². The third-order valence-electron chi connectivity index (χ3n) is 5.40. The Balaban J connectivity index is 1.86. The van der Waals surface area contributed by atoms with Crippen molar-refractivity contribution in [1.82, 2.24) is 20.0 Å². The molecule has 1 aromatic carbocycles. The van der Waals surface area contributed by atoms with Crippen molar-refractivity contribution in [1.29, 1.82) is 0 Å². The lowest BCUT2D eigenvalue weighted by atomic mass is 10.1. The molecule has 210 valence electrons. The first-order chi connectivity index (χ1) is 19.0. The van der Waals surface area contributed by atoms with Gasteiger partial charge < -0.3 is 18.9 Å². The largest absolute Gasteiger partial charge is 0.463 e. The Labute approximate surface area is 243 Å². The van der Waals surface area contributed by atoms with Gasteiger partial charge in [0.25, 0.3) is 0 Å². The fraction of sp³-hybridized carbons (Fsp3) is 0.308. The van der Waals surface area contributed by atoms with Crippen molar-refractivity contribution in [2.45, 2.75) is 50.2 Å². The van der Waals surface area contributed by atoms with Gasteiger partial charge in [0.1, 0.15) is 18.0 Å². The number of esters is 3. The van der Waals surface area contributed by atoms with E-state index in [4.69, 9.17) is 42.1 Å². The Morgan fingerprint density at radius 3 is 2.48 bits per heavy atom. The number of thioether (sulfide) groups is 1. The van der Waals surface area contributed by atoms with Gasteiger partial charge in [-0.3, -0.25) is 19.4 Å². The number of hydrogen-bond donors (Lipinski definition) is 0. The number of rotatable bonds is 8. The van der Waals surface area contributed by atoms with Crippen LogP contribution in [0.2, 0.25) is 10.0 Å². The van der Waals surface area contributed by atoms with Crippen molar-refractivity contribution in [3.8, 4) is 11.3 Å². The average molecular weight is 607 g/mol. The highest BCUT2D eigenvalue weighted by atomic mass is 35.5. The van der Waals surface area contributed by atoms with Crippen molar-refractivity contribution < 1.29 is 33.3 Å². The molecule has 0 radical (unpaired) electrons. The first-order valence-corrected chi connectivity index (χ1v) is 13.5. The predicted octanol–water partition coefficient (Wildman–Crippen LogP) is 4.70. The van der Waals surface area contributed by atoms with Crippen LogP contribution in [0.1, 0.15) is 26.3 Å². The lowest BCUT2D eigenvalue weighted by Gasteiger charge is -2.37. The Kier molecular flexibility index (Phi) is 9.46. The van der Waals surface area contributed by atoms with Crippen LogP contribution < -0.4 is 0 Å². The van der Waals surface area contributed by atoms with Gasteiger partial charge in [0, 0.05) is 43.6 Å². The van der Waals surface area contributed by atoms with Crippen molar-refractivity contribution in [3.63, 3.8) is 0 Å². The van der Waals surface area contributed by atoms with Gasteiger partial charge in [0.05, 0.1) is 16.2 Å². The van der Waals surface area contributed by atoms with Crippen LogP contribution in [0.25, 0.3) is 17.0 Å². The average Bonchev–Trinajstić information content (AvgIpc) is 3.36. The monoisotopic (exact) mass is 606 g/mol. The van der Waals surface area contributed by atoms with Crippen molar-refractivity contribution in [2.75, 3.05) is 6.61 Å². The summed E-state index contributed by atoms with van der Waals surface area (Å²) < 4.78 is 24.1. The van der Waals surface area contributed by atoms with Crippen LogP contribution in [-0.4, -0.2) is 62.1 Å². The van der Waals surface area contributed by atoms with E-state index in [1.807, 2.05) is 13.0 Å². The normalized spacial score (nSPS) is 18.8. The van der Waals surface area contributed by atoms with E-state index in [0.717, 1.165) is 5.56 Å². The number of pyridine rings is 1. The lowest BCUT2D eigenvalue weighted by Crippen LogP contribution is -2.45. The minimum atomic E-state index is -1.15. The summed E-state index contributed by atoms with van der Waals surface area (Å²) in [5.41, 5.74) is 1.30. The number of aryl methyl sites for hydroxylation is 1. The van der Waals surface area contributed by atoms with Crippen molar-refractivity contribution in [2.24, 2.45) is 0 Å². The number of benzene rings is 1. The summed E-state index contributed by atoms with van der Waals surface area (Å²) in [6.45, 7) is 5.27. The Morgan fingerprint density at radius 2 is 1.82 bits per heavy atom. The molecule has 0 saturated heterocycles. The molecule has 40 heavy (non-hydrogen) atoms. The summed E-state index contributed by atoms with van der Waals surface area (Å²) in [7, 11) is 0. The van der Waals surface area contributed by atoms with E-state index in [-0.39, 0.29) is 18.1 Å². The summed E-state index contributed by atoms with van der Waals surface area (Å²) >= 11 is 13.5. The molecule has 14 heteroatoms. The third kappa shape index (κ3) is 7.19. The molecule has 1 aliphatic heterocycles. The Morgan fingerprint density at radius 1 is 1.05 bits per heavy atom. The molecule has 11 nitrogen and oxygen atoms in total. The molecule has 3 heterocycles. The summed E-state index contributed by atoms with van der Waals surface area (Å²) in [5, 5.41) is 9.17. The van der Waals surface area contributed by atoms with Crippen LogP contribution in [0, 0.1) is 6.92 Å². The SMILES string of the molecule is CC(=O)OCC1O[C@H](Sc2ccc(Cl)c(Cl)c2)C(OC(C)=O)C(n2cc(-c3cncc(C)c3)nn2)=C1OC(C)=O. The summed E-state index contributed by atoms with van der Waals surface area (Å²) in [6, 6.07) is 6.85. The molecule has 0 amide bonds. The topological polar surface area (TPSA) is 132 Å². The Hall–Kier alpha value is -3.45. The number of aromatic nitrogens is 4. The van der Waals surface area contributed by atoms with E-state index in [1.165, 1.54) is 37.2 Å². The highest BCUT2D eigenvalue weighted by molar-refractivity contribution is 7.99. The minimum absolute atomic E-state index is 0.0511. The Bertz CT molecular complexity index is 1480. The van der Waals surface area contributed by atoms with Crippen LogP contribution in [0.5, 0.6) is 0 Å². The smallest absolute Gasteiger partial charge is 0.307 e. The maximum atomic E-state index is 12.3. The van der Waals surface area contributed by atoms with Crippen LogP contribution >= 0.6 is 35.0 Å². The first-order valence-electron chi connectivity index (χ1n) is 11.9. The molecule has 3 aromatic rings. The molecule has 2 aromatic heterocycles. The van der Waals surface area contributed by atoms with Gasteiger partial charge in [-0.15, -0.1) is 5.10 Å². The zero-order valence-corrected chi connectivity index (χ0v) is 24.1. The molecule has 4 rings (SSSR count). The molecule has 0 fully saturated rings. The van der Waals surface area contributed by atoms with E-state index in [9.17, 15) is 14.4 Å². The molecular weight excluding hydrogens is 583 g/mol. The van der Waals surface area contributed by atoms with Gasteiger partial charge in [0.2, 0.25) is 0 Å². The first kappa shape index (κ1) is 29.5. The summed E-state index contributed by atoms with van der Waals surface area (Å²) in [4.78, 5) is 41.0. The number of ether oxygens (including phenoxy) is 4. The fourth-order valence-electron chi connectivity index (χ4n) is 3.83. The number of nitrogens with zero attached hydrogens (tertiary/aromatic N) is 4. The zero-order valence-electron chi connectivity index (χ0n) is 21.8. The molecule has 3 atom stereocenters. The van der Waals surface area contributed by atoms with E-state index in [2.05, 4.69) is 15.3 Å². The zero-order chi connectivity index (χ0) is 29.0. The predicted molar refractivity (Wildman–Crippen MR) is 146 cm³/mol. The second kappa shape index (κ2) is 12.8. The molecule has 1 aliphatic rings. The van der Waals surface area contributed by atoms with E-state index in [1.54, 1.807) is 36.8 Å². The van der Waals surface area contributed by atoms with Gasteiger partial charge in [0.15, 0.2) is 23.4 Å². The summed E-state index contributed by atoms with van der Waals surface area (Å²) in [6.07, 6.45) is 2.70. The van der Waals surface area contributed by atoms with E-state index < -0.39 is 35.6 Å². The molecule has 0 spiro atoms. The van der Waals surface area contributed by atoms with Crippen molar-refractivity contribution in [3.05, 3.63) is 64.2 Å². The van der Waals surface area contributed by atoms with Gasteiger partial charge in [-0.2, -0.15) is 0 Å². The molecule has 0 aliphatic carbocycles. The van der Waals surface area contributed by atoms with Crippen LogP contribution in [0.4, 0.5) is 0 Å². The maximum Gasteiger partial charge on any atom is 0.307 e. The molecule has 0 N–H and O–H groups in total. The quantitative estimate of drug-likeness (QED) is 0.261. The molecule has 0 saturated carbocycles. The van der Waals surface area contributed by atoms with Crippen LogP contribution in [0.15, 0.2) is 53.5 Å². The van der Waals surface area contributed by atoms with Gasteiger partial charge in [-0.25, -0.2) is 4.68 Å². The lowest BCUT2D eigenvalue weighted by molar-refractivity contribution is -0.156.